The van der Waals surface area contributed by atoms with E-state index in [1.165, 1.54) is 6.20 Å². The summed E-state index contributed by atoms with van der Waals surface area (Å²) in [5.74, 6) is 0.886. The predicted molar refractivity (Wildman–Crippen MR) is 182 cm³/mol. The van der Waals surface area contributed by atoms with Crippen LogP contribution in [-0.2, 0) is 14.3 Å². The van der Waals surface area contributed by atoms with Crippen molar-refractivity contribution >= 4 is 30.2 Å². The SMILES string of the molecule is Nc1ncc(-c2nc(N3CCOCC3)nc(N3CCN(C(=O)CCCC(CC/C=C/CN4CCC(F)C4)CCNC=O)CC3)n2)c(C(F)F)n1. The van der Waals surface area contributed by atoms with Gasteiger partial charge in [-0.1, -0.05) is 12.2 Å². The van der Waals surface area contributed by atoms with Crippen LogP contribution >= 0.6 is 0 Å². The fraction of sp³-hybridized carbons (Fsp3) is 0.667. The van der Waals surface area contributed by atoms with Crippen molar-refractivity contribution in [3.63, 3.8) is 0 Å². The summed E-state index contributed by atoms with van der Waals surface area (Å²) in [6, 6.07) is 0. The first-order valence-corrected chi connectivity index (χ1v) is 17.5. The van der Waals surface area contributed by atoms with Gasteiger partial charge in [-0.05, 0) is 44.4 Å². The van der Waals surface area contributed by atoms with Crippen LogP contribution in [0.15, 0.2) is 18.3 Å². The minimum absolute atomic E-state index is 0.0178. The Bertz CT molecular complexity index is 1420. The highest BCUT2D eigenvalue weighted by molar-refractivity contribution is 5.76. The van der Waals surface area contributed by atoms with Crippen LogP contribution in [-0.4, -0.2) is 132 Å². The second kappa shape index (κ2) is 18.8. The molecule has 5 rings (SSSR count). The van der Waals surface area contributed by atoms with E-state index in [4.69, 9.17) is 15.5 Å². The van der Waals surface area contributed by atoms with Crippen LogP contribution < -0.4 is 20.9 Å². The lowest BCUT2D eigenvalue weighted by Crippen LogP contribution is -2.49. The summed E-state index contributed by atoms with van der Waals surface area (Å²) in [6.07, 6.45) is 7.91. The Labute approximate surface area is 290 Å². The minimum Gasteiger partial charge on any atom is -0.378 e. The van der Waals surface area contributed by atoms with E-state index < -0.39 is 18.3 Å². The van der Waals surface area contributed by atoms with Gasteiger partial charge in [0.05, 0.1) is 18.8 Å². The number of ether oxygens (including phenoxy) is 1. The summed E-state index contributed by atoms with van der Waals surface area (Å²) < 4.78 is 46.8. The van der Waals surface area contributed by atoms with Crippen LogP contribution in [0.2, 0.25) is 0 Å². The van der Waals surface area contributed by atoms with Gasteiger partial charge in [-0.15, -0.1) is 0 Å². The molecule has 17 heteroatoms. The summed E-state index contributed by atoms with van der Waals surface area (Å²) >= 11 is 0. The lowest BCUT2D eigenvalue weighted by molar-refractivity contribution is -0.131. The smallest absolute Gasteiger partial charge is 0.281 e. The lowest BCUT2D eigenvalue weighted by atomic mass is 9.93. The van der Waals surface area contributed by atoms with Gasteiger partial charge < -0.3 is 30.5 Å². The van der Waals surface area contributed by atoms with Gasteiger partial charge in [0, 0.05) is 78.1 Å². The van der Waals surface area contributed by atoms with Crippen LogP contribution in [0.5, 0.6) is 0 Å². The number of aromatic nitrogens is 5. The molecule has 0 aromatic carbocycles. The number of amides is 2. The van der Waals surface area contributed by atoms with Crippen molar-refractivity contribution in [1.29, 1.82) is 0 Å². The predicted octanol–water partition coefficient (Wildman–Crippen LogP) is 2.64. The fourth-order valence-electron chi connectivity index (χ4n) is 6.53. The van der Waals surface area contributed by atoms with Crippen molar-refractivity contribution < 1.29 is 27.5 Å². The number of carbonyl (C=O) groups excluding carboxylic acids is 2. The molecule has 0 aliphatic carbocycles. The Balaban J connectivity index is 1.15. The van der Waals surface area contributed by atoms with Crippen LogP contribution in [0.25, 0.3) is 11.4 Å². The van der Waals surface area contributed by atoms with Crippen LogP contribution in [0.4, 0.5) is 31.0 Å². The molecule has 5 heterocycles. The van der Waals surface area contributed by atoms with Crippen molar-refractivity contribution in [3.05, 3.63) is 24.0 Å². The molecule has 274 valence electrons. The van der Waals surface area contributed by atoms with Gasteiger partial charge in [-0.25, -0.2) is 23.1 Å². The monoisotopic (exact) mass is 703 g/mol. The number of alkyl halides is 3. The largest absolute Gasteiger partial charge is 0.378 e. The highest BCUT2D eigenvalue weighted by Crippen LogP contribution is 2.30. The van der Waals surface area contributed by atoms with Gasteiger partial charge in [0.25, 0.3) is 6.43 Å². The van der Waals surface area contributed by atoms with Gasteiger partial charge >= 0.3 is 0 Å². The number of hydrogen-bond donors (Lipinski definition) is 2. The minimum atomic E-state index is -2.91. The van der Waals surface area contributed by atoms with Crippen molar-refractivity contribution in [1.82, 2.24) is 40.0 Å². The molecule has 3 N–H and O–H groups in total. The number of nitrogen functional groups attached to an aromatic ring is 1. The summed E-state index contributed by atoms with van der Waals surface area (Å²) in [6.45, 7) is 6.59. The Hall–Kier alpha value is -4.12. The molecule has 3 saturated heterocycles. The average Bonchev–Trinajstić information content (AvgIpc) is 3.55. The molecule has 3 aliphatic rings. The van der Waals surface area contributed by atoms with E-state index in [0.29, 0.717) is 103 Å². The van der Waals surface area contributed by atoms with Crippen molar-refractivity contribution in [2.75, 3.05) is 94.2 Å². The van der Waals surface area contributed by atoms with Gasteiger partial charge in [0.2, 0.25) is 30.2 Å². The molecular formula is C33H48F3N11O3. The number of allylic oxidation sites excluding steroid dienone is 1. The van der Waals surface area contributed by atoms with E-state index in [-0.39, 0.29) is 23.2 Å². The highest BCUT2D eigenvalue weighted by atomic mass is 19.3. The van der Waals surface area contributed by atoms with E-state index in [9.17, 15) is 22.8 Å². The highest BCUT2D eigenvalue weighted by Gasteiger charge is 2.27. The molecular weight excluding hydrogens is 655 g/mol. The fourth-order valence-corrected chi connectivity index (χ4v) is 6.53. The maximum absolute atomic E-state index is 13.9. The Morgan fingerprint density at radius 2 is 1.72 bits per heavy atom. The summed E-state index contributed by atoms with van der Waals surface area (Å²) in [4.78, 5) is 53.2. The number of likely N-dealkylation sites (tertiary alicyclic amines) is 1. The lowest BCUT2D eigenvalue weighted by Gasteiger charge is -2.35. The average molecular weight is 704 g/mol. The quantitative estimate of drug-likeness (QED) is 0.141. The van der Waals surface area contributed by atoms with Gasteiger partial charge in [0.15, 0.2) is 5.82 Å². The Morgan fingerprint density at radius 3 is 2.40 bits per heavy atom. The third-order valence-electron chi connectivity index (χ3n) is 9.38. The number of nitrogens with one attached hydrogen (secondary N) is 1. The normalized spacial score (nSPS) is 19.4. The standard InChI is InChI=1S/C33H48F3N11O3/c34-25-9-12-44(22-25)11-3-1-2-5-24(8-10-38-23-48)6-4-7-27(49)45-13-15-46(16-14-45)32-41-30(26-21-39-31(37)40-28(26)29(35)36)42-33(43-32)47-17-19-50-20-18-47/h1,3,21,23-25,29H,2,4-20,22H2,(H,38,48)(H2,37,39,40)/b3-1+. The molecule has 2 aromatic rings. The zero-order valence-corrected chi connectivity index (χ0v) is 28.4. The maximum Gasteiger partial charge on any atom is 0.281 e. The Kier molecular flexibility index (Phi) is 13.9. The summed E-state index contributed by atoms with van der Waals surface area (Å²) in [5, 5.41) is 2.75. The van der Waals surface area contributed by atoms with Crippen molar-refractivity contribution in [2.24, 2.45) is 5.92 Å². The molecule has 0 saturated carbocycles. The van der Waals surface area contributed by atoms with E-state index in [1.807, 2.05) is 14.7 Å². The number of nitrogens with zero attached hydrogens (tertiary/aromatic N) is 9. The third-order valence-corrected chi connectivity index (χ3v) is 9.38. The number of rotatable bonds is 17. The van der Waals surface area contributed by atoms with E-state index >= 15 is 0 Å². The van der Waals surface area contributed by atoms with E-state index in [0.717, 1.165) is 45.2 Å². The number of carbonyl (C=O) groups is 2. The molecule has 3 fully saturated rings. The first kappa shape index (κ1) is 37.1. The number of halogens is 3. The number of piperazine rings is 1. The van der Waals surface area contributed by atoms with Gasteiger partial charge in [0.1, 0.15) is 11.9 Å². The second-order valence-corrected chi connectivity index (χ2v) is 12.9. The molecule has 50 heavy (non-hydrogen) atoms. The first-order valence-electron chi connectivity index (χ1n) is 17.5. The summed E-state index contributed by atoms with van der Waals surface area (Å²) in [7, 11) is 0. The summed E-state index contributed by atoms with van der Waals surface area (Å²) in [5.41, 5.74) is 5.03. The van der Waals surface area contributed by atoms with Gasteiger partial charge in [-0.2, -0.15) is 15.0 Å². The molecule has 0 radical (unpaired) electrons. The molecule has 14 nitrogen and oxygen atoms in total. The molecule has 0 bridgehead atoms. The number of anilines is 3. The number of morpholine rings is 1. The van der Waals surface area contributed by atoms with Gasteiger partial charge in [-0.3, -0.25) is 14.5 Å². The zero-order chi connectivity index (χ0) is 35.3. The molecule has 2 amide bonds. The van der Waals surface area contributed by atoms with Crippen molar-refractivity contribution in [3.8, 4) is 11.4 Å². The molecule has 2 aromatic heterocycles. The van der Waals surface area contributed by atoms with Crippen molar-refractivity contribution in [2.45, 2.75) is 57.5 Å². The van der Waals surface area contributed by atoms with E-state index in [1.54, 1.807) is 0 Å². The van der Waals surface area contributed by atoms with E-state index in [2.05, 4.69) is 42.3 Å². The number of nitrogens with two attached hydrogens (primary N) is 1. The third kappa shape index (κ3) is 10.7. The Morgan fingerprint density at radius 1 is 0.980 bits per heavy atom. The maximum atomic E-state index is 13.9. The molecule has 3 aliphatic heterocycles. The molecule has 2 atom stereocenters. The first-order chi connectivity index (χ1) is 24.3. The molecule has 0 spiro atoms. The second-order valence-electron chi connectivity index (χ2n) is 12.9. The molecule has 2 unspecified atom stereocenters. The number of hydrogen-bond acceptors (Lipinski definition) is 12. The zero-order valence-electron chi connectivity index (χ0n) is 28.4. The van der Waals surface area contributed by atoms with Crippen LogP contribution in [0.3, 0.4) is 0 Å². The van der Waals surface area contributed by atoms with Crippen LogP contribution in [0, 0.1) is 5.92 Å². The topological polar surface area (TPSA) is 159 Å². The van der Waals surface area contributed by atoms with Crippen LogP contribution in [0.1, 0.15) is 57.1 Å².